The van der Waals surface area contributed by atoms with Crippen molar-refractivity contribution in [1.29, 1.82) is 0 Å². The maximum absolute atomic E-state index is 12.4. The van der Waals surface area contributed by atoms with E-state index >= 15 is 0 Å². The number of carbonyl (C=O) groups excluding carboxylic acids is 2. The fraction of sp³-hybridized carbons (Fsp3) is 0.368. The van der Waals surface area contributed by atoms with Crippen LogP contribution in [0.5, 0.6) is 0 Å². The molecule has 0 amide bonds. The van der Waals surface area contributed by atoms with Gasteiger partial charge in [0.2, 0.25) is 0 Å². The van der Waals surface area contributed by atoms with Gasteiger partial charge in [0.05, 0.1) is 7.11 Å². The number of carbonyl (C=O) groups is 2. The smallest absolute Gasteiger partial charge is 0.323 e. The van der Waals surface area contributed by atoms with Gasteiger partial charge in [-0.05, 0) is 34.7 Å². The van der Waals surface area contributed by atoms with Crippen LogP contribution in [0, 0.1) is 11.8 Å². The summed E-state index contributed by atoms with van der Waals surface area (Å²) < 4.78 is 4.92. The van der Waals surface area contributed by atoms with Crippen LogP contribution in [0.4, 0.5) is 0 Å². The molecule has 1 N–H and O–H groups in total. The summed E-state index contributed by atoms with van der Waals surface area (Å²) in [5, 5.41) is 5.68. The molecule has 118 valence electrons. The van der Waals surface area contributed by atoms with Gasteiger partial charge < -0.3 is 4.74 Å². The minimum absolute atomic E-state index is 0.0476. The van der Waals surface area contributed by atoms with E-state index in [1.807, 2.05) is 12.1 Å². The van der Waals surface area contributed by atoms with Crippen molar-refractivity contribution in [2.24, 2.45) is 11.8 Å². The summed E-state index contributed by atoms with van der Waals surface area (Å²) in [5.74, 6) is -0.0864. The van der Waals surface area contributed by atoms with Crippen molar-refractivity contribution in [3.05, 3.63) is 48.0 Å². The lowest BCUT2D eigenvalue weighted by Gasteiger charge is -2.18. The average molecular weight is 309 g/mol. The van der Waals surface area contributed by atoms with E-state index in [1.54, 1.807) is 0 Å². The van der Waals surface area contributed by atoms with Crippen LogP contribution in [0.3, 0.4) is 0 Å². The highest BCUT2D eigenvalue weighted by Crippen LogP contribution is 2.46. The summed E-state index contributed by atoms with van der Waals surface area (Å²) in [5.41, 5.74) is 1.07. The van der Waals surface area contributed by atoms with Gasteiger partial charge in [0, 0.05) is 18.4 Å². The molecule has 0 bridgehead atoms. The molecular weight excluding hydrogens is 290 g/mol. The Morgan fingerprint density at radius 1 is 1.17 bits per heavy atom. The summed E-state index contributed by atoms with van der Waals surface area (Å²) >= 11 is 0. The fourth-order valence-electron chi connectivity index (χ4n) is 4.20. The Labute approximate surface area is 134 Å². The molecule has 4 heteroatoms. The second kappa shape index (κ2) is 5.46. The molecule has 2 aromatic carbocycles. The van der Waals surface area contributed by atoms with Gasteiger partial charge in [-0.15, -0.1) is 0 Å². The third-order valence-corrected chi connectivity index (χ3v) is 5.29. The Balaban J connectivity index is 1.74. The third kappa shape index (κ3) is 2.25. The molecule has 2 aromatic rings. The normalized spacial score (nSPS) is 29.7. The predicted octanol–water partition coefficient (Wildman–Crippen LogP) is 2.62. The Morgan fingerprint density at radius 2 is 1.96 bits per heavy atom. The van der Waals surface area contributed by atoms with Crippen molar-refractivity contribution >= 4 is 22.5 Å². The van der Waals surface area contributed by atoms with Gasteiger partial charge in [-0.1, -0.05) is 36.4 Å². The number of benzene rings is 2. The molecule has 1 aliphatic carbocycles. The average Bonchev–Trinajstić information content (AvgIpc) is 3.15. The number of nitrogens with one attached hydrogen (secondary N) is 1. The highest BCUT2D eigenvalue weighted by atomic mass is 16.5. The number of ether oxygens (including phenoxy) is 1. The standard InChI is InChI=1S/C19H19NO3/c1-23-19(22)18-14-8-9-15(21)16(14)17(20-18)13-7-6-11-4-2-3-5-12(11)10-13/h2-7,10,14,16-18,20H,8-9H2,1H3/t14-,16-,17+,18+/m0/s1. The molecule has 4 rings (SSSR count). The summed E-state index contributed by atoms with van der Waals surface area (Å²) in [6, 6.07) is 13.9. The van der Waals surface area contributed by atoms with Gasteiger partial charge in [0.25, 0.3) is 0 Å². The third-order valence-electron chi connectivity index (χ3n) is 5.29. The zero-order valence-electron chi connectivity index (χ0n) is 13.0. The number of hydrogen-bond donors (Lipinski definition) is 1. The molecule has 0 spiro atoms. The number of esters is 1. The lowest BCUT2D eigenvalue weighted by atomic mass is 9.86. The van der Waals surface area contributed by atoms with Crippen LogP contribution in [0.15, 0.2) is 42.5 Å². The molecule has 23 heavy (non-hydrogen) atoms. The molecule has 2 fully saturated rings. The minimum Gasteiger partial charge on any atom is -0.468 e. The molecule has 4 atom stereocenters. The number of Topliss-reactive ketones (excluding diaryl/α,β-unsaturated/α-hetero) is 1. The molecule has 2 aliphatic rings. The highest BCUT2D eigenvalue weighted by Gasteiger charge is 2.53. The van der Waals surface area contributed by atoms with Crippen LogP contribution in [-0.2, 0) is 14.3 Å². The van der Waals surface area contributed by atoms with Crippen molar-refractivity contribution in [1.82, 2.24) is 5.32 Å². The Bertz CT molecular complexity index is 785. The zero-order valence-corrected chi connectivity index (χ0v) is 13.0. The quantitative estimate of drug-likeness (QED) is 0.867. The molecule has 1 aliphatic heterocycles. The van der Waals surface area contributed by atoms with Crippen molar-refractivity contribution in [2.45, 2.75) is 24.9 Å². The van der Waals surface area contributed by atoms with E-state index in [-0.39, 0.29) is 35.7 Å². The molecular formula is C19H19NO3. The summed E-state index contributed by atoms with van der Waals surface area (Å²) in [7, 11) is 1.40. The SMILES string of the molecule is COC(=O)[C@@H]1N[C@H](c2ccc3ccccc3c2)[C@@H]2C(=O)CC[C@@H]21. The van der Waals surface area contributed by atoms with E-state index in [9.17, 15) is 9.59 Å². The van der Waals surface area contributed by atoms with Crippen LogP contribution in [0.1, 0.15) is 24.4 Å². The first-order valence-corrected chi connectivity index (χ1v) is 8.04. The molecule has 4 nitrogen and oxygen atoms in total. The van der Waals surface area contributed by atoms with Crippen LogP contribution in [-0.4, -0.2) is 24.9 Å². The number of hydrogen-bond acceptors (Lipinski definition) is 4. The molecule has 0 radical (unpaired) electrons. The molecule has 0 unspecified atom stereocenters. The first kappa shape index (κ1) is 14.4. The Morgan fingerprint density at radius 3 is 2.74 bits per heavy atom. The molecule has 1 heterocycles. The van der Waals surface area contributed by atoms with Crippen LogP contribution >= 0.6 is 0 Å². The monoisotopic (exact) mass is 309 g/mol. The van der Waals surface area contributed by atoms with Crippen LogP contribution < -0.4 is 5.32 Å². The van der Waals surface area contributed by atoms with Crippen molar-refractivity contribution in [2.75, 3.05) is 7.11 Å². The fourth-order valence-corrected chi connectivity index (χ4v) is 4.20. The van der Waals surface area contributed by atoms with E-state index in [0.717, 1.165) is 17.4 Å². The number of rotatable bonds is 2. The van der Waals surface area contributed by atoms with Crippen molar-refractivity contribution in [3.8, 4) is 0 Å². The summed E-state index contributed by atoms with van der Waals surface area (Å²) in [6.45, 7) is 0. The predicted molar refractivity (Wildman–Crippen MR) is 86.8 cm³/mol. The van der Waals surface area contributed by atoms with E-state index in [4.69, 9.17) is 4.74 Å². The number of fused-ring (bicyclic) bond motifs is 2. The number of ketones is 1. The topological polar surface area (TPSA) is 55.4 Å². The van der Waals surface area contributed by atoms with Gasteiger partial charge in [-0.2, -0.15) is 0 Å². The minimum atomic E-state index is -0.382. The summed E-state index contributed by atoms with van der Waals surface area (Å²) in [4.78, 5) is 24.4. The van der Waals surface area contributed by atoms with E-state index < -0.39 is 0 Å². The second-order valence-corrected chi connectivity index (χ2v) is 6.45. The lowest BCUT2D eigenvalue weighted by Crippen LogP contribution is -2.37. The van der Waals surface area contributed by atoms with Gasteiger partial charge in [0.15, 0.2) is 0 Å². The lowest BCUT2D eigenvalue weighted by molar-refractivity contribution is -0.143. The van der Waals surface area contributed by atoms with Crippen LogP contribution in [0.25, 0.3) is 10.8 Å². The molecule has 0 aromatic heterocycles. The second-order valence-electron chi connectivity index (χ2n) is 6.45. The van der Waals surface area contributed by atoms with Gasteiger partial charge in [-0.3, -0.25) is 14.9 Å². The molecule has 1 saturated heterocycles. The van der Waals surface area contributed by atoms with Crippen molar-refractivity contribution in [3.63, 3.8) is 0 Å². The maximum Gasteiger partial charge on any atom is 0.323 e. The largest absolute Gasteiger partial charge is 0.468 e. The Kier molecular flexibility index (Phi) is 3.42. The maximum atomic E-state index is 12.4. The first-order chi connectivity index (χ1) is 11.2. The highest BCUT2D eigenvalue weighted by molar-refractivity contribution is 5.89. The van der Waals surface area contributed by atoms with Crippen LogP contribution in [0.2, 0.25) is 0 Å². The van der Waals surface area contributed by atoms with Gasteiger partial charge >= 0.3 is 5.97 Å². The summed E-state index contributed by atoms with van der Waals surface area (Å²) in [6.07, 6.45) is 1.33. The zero-order chi connectivity index (χ0) is 16.0. The Hall–Kier alpha value is -2.20. The van der Waals surface area contributed by atoms with E-state index in [0.29, 0.717) is 6.42 Å². The van der Waals surface area contributed by atoms with E-state index in [2.05, 4.69) is 35.6 Å². The molecule has 1 saturated carbocycles. The van der Waals surface area contributed by atoms with Gasteiger partial charge in [0.1, 0.15) is 11.8 Å². The number of methoxy groups -OCH3 is 1. The van der Waals surface area contributed by atoms with Crippen molar-refractivity contribution < 1.29 is 14.3 Å². The van der Waals surface area contributed by atoms with E-state index in [1.165, 1.54) is 12.5 Å². The first-order valence-electron chi connectivity index (χ1n) is 8.04. The van der Waals surface area contributed by atoms with Gasteiger partial charge in [-0.25, -0.2) is 0 Å².